The number of hydrogen-bond acceptors (Lipinski definition) is 0. The van der Waals surface area contributed by atoms with E-state index in [0.717, 1.165) is 19.4 Å². The Morgan fingerprint density at radius 2 is 2.15 bits per heavy atom. The first-order valence-electron chi connectivity index (χ1n) is 4.72. The summed E-state index contributed by atoms with van der Waals surface area (Å²) >= 11 is 0.728. The van der Waals surface area contributed by atoms with E-state index in [9.17, 15) is 0 Å². The third-order valence-corrected chi connectivity index (χ3v) is 11.9. The van der Waals surface area contributed by atoms with E-state index in [1.54, 1.807) is 4.59 Å². The molecule has 0 aliphatic carbocycles. The predicted molar refractivity (Wildman–Crippen MR) is 59.1 cm³/mol. The quantitative estimate of drug-likeness (QED) is 0.522. The molecule has 0 saturated heterocycles. The average molecular weight is 257 g/mol. The van der Waals surface area contributed by atoms with Crippen molar-refractivity contribution in [2.75, 3.05) is 0 Å². The molecule has 0 aromatic carbocycles. The van der Waals surface area contributed by atoms with Gasteiger partial charge >= 0.3 is 87.2 Å². The van der Waals surface area contributed by atoms with Gasteiger partial charge in [-0.05, 0) is 0 Å². The number of hydrogen-bond donors (Lipinski definition) is 0. The van der Waals surface area contributed by atoms with E-state index in [2.05, 4.69) is 48.6 Å². The van der Waals surface area contributed by atoms with Crippen molar-refractivity contribution in [1.29, 1.82) is 0 Å². The minimum atomic E-state index is -0.915. The van der Waals surface area contributed by atoms with Gasteiger partial charge in [0.25, 0.3) is 0 Å². The van der Waals surface area contributed by atoms with Crippen LogP contribution in [0.15, 0.2) is 24.4 Å². The minimum absolute atomic E-state index is 0.728. The molecule has 1 aromatic heterocycles. The summed E-state index contributed by atoms with van der Waals surface area (Å²) in [6, 6.07) is 6.60. The van der Waals surface area contributed by atoms with Gasteiger partial charge in [0.2, 0.25) is 0 Å². The second-order valence-electron chi connectivity index (χ2n) is 4.66. The molecule has 1 nitrogen and oxygen atoms in total. The van der Waals surface area contributed by atoms with Crippen LogP contribution in [0, 0.1) is 0 Å². The molecule has 1 aromatic rings. The summed E-state index contributed by atoms with van der Waals surface area (Å²) in [6.45, 7) is 8.76. The van der Waals surface area contributed by atoms with Gasteiger partial charge in [-0.2, -0.15) is 0 Å². The van der Waals surface area contributed by atoms with E-state index in [1.807, 2.05) is 0 Å². The fraction of sp³-hybridized carbons (Fsp3) is 0.500. The summed E-state index contributed by atoms with van der Waals surface area (Å²) in [6.07, 6.45) is 2.23. The Balaban J connectivity index is 2.23. The number of nitrogens with zero attached hydrogens (tertiary/aromatic N) is 1. The van der Waals surface area contributed by atoms with E-state index in [-0.39, 0.29) is 0 Å². The van der Waals surface area contributed by atoms with Crippen molar-refractivity contribution in [2.24, 2.45) is 0 Å². The first-order valence-corrected chi connectivity index (χ1v) is 10.1. The van der Waals surface area contributed by atoms with Crippen LogP contribution in [-0.4, -0.2) is 23.0 Å². The van der Waals surface area contributed by atoms with Gasteiger partial charge < -0.3 is 0 Å². The zero-order chi connectivity index (χ0) is 9.47. The Hall–Kier alpha value is -0.114. The Bertz CT molecular complexity index is 294. The Labute approximate surface area is 87.3 Å². The summed E-state index contributed by atoms with van der Waals surface area (Å²) < 4.78 is 5.04. The topological polar surface area (TPSA) is 3.88 Å². The third-order valence-electron chi connectivity index (χ3n) is 2.49. The van der Waals surface area contributed by atoms with Crippen molar-refractivity contribution in [2.45, 2.75) is 30.6 Å². The Morgan fingerprint density at radius 3 is 2.77 bits per heavy atom. The van der Waals surface area contributed by atoms with Gasteiger partial charge in [-0.15, -0.1) is 0 Å². The molecule has 0 fully saturated rings. The van der Waals surface area contributed by atoms with Crippen LogP contribution in [0.1, 0.15) is 0 Å². The molecule has 0 amide bonds. The van der Waals surface area contributed by atoms with Crippen molar-refractivity contribution < 1.29 is 4.57 Å². The maximum absolute atomic E-state index is 2.49. The molecule has 3 heteroatoms. The molecule has 1 atom stereocenters. The molecule has 0 spiro atoms. The average Bonchev–Trinajstić information content (AvgIpc) is 2.45. The van der Waals surface area contributed by atoms with Crippen molar-refractivity contribution in [3.8, 4) is 0 Å². The Morgan fingerprint density at radius 1 is 1.38 bits per heavy atom. The molecular weight excluding hydrogens is 241 g/mol. The van der Waals surface area contributed by atoms with Gasteiger partial charge in [0.05, 0.1) is 0 Å². The van der Waals surface area contributed by atoms with Crippen molar-refractivity contribution in [3.63, 3.8) is 0 Å². The van der Waals surface area contributed by atoms with Gasteiger partial charge in [0.1, 0.15) is 0 Å². The summed E-state index contributed by atoms with van der Waals surface area (Å²) in [5.74, 6) is 0. The van der Waals surface area contributed by atoms with Crippen LogP contribution in [0.2, 0.25) is 24.1 Å². The van der Waals surface area contributed by atoms with Gasteiger partial charge in [-0.25, -0.2) is 0 Å². The van der Waals surface area contributed by atoms with Crippen LogP contribution in [0.5, 0.6) is 0 Å². The van der Waals surface area contributed by atoms with Crippen molar-refractivity contribution in [1.82, 2.24) is 0 Å². The summed E-state index contributed by atoms with van der Waals surface area (Å²) in [5, 5.41) is 0. The molecule has 0 N–H and O–H groups in total. The number of rotatable bonds is 1. The molecular formula is C10H16NSeSi+. The molecule has 2 heterocycles. The number of aromatic nitrogens is 1. The second kappa shape index (κ2) is 3.23. The molecule has 0 bridgehead atoms. The molecule has 1 unspecified atom stereocenters. The van der Waals surface area contributed by atoms with Crippen molar-refractivity contribution >= 4 is 27.6 Å². The summed E-state index contributed by atoms with van der Waals surface area (Å²) in [4.78, 5) is 0. The van der Waals surface area contributed by atoms with Crippen LogP contribution in [0.3, 0.4) is 0 Å². The van der Waals surface area contributed by atoms with E-state index in [0.29, 0.717) is 0 Å². The van der Waals surface area contributed by atoms with E-state index >= 15 is 0 Å². The normalized spacial score (nSPS) is 21.6. The summed E-state index contributed by atoms with van der Waals surface area (Å²) in [7, 11) is -0.915. The van der Waals surface area contributed by atoms with Gasteiger partial charge in [0.15, 0.2) is 0 Å². The van der Waals surface area contributed by atoms with Crippen LogP contribution in [0.25, 0.3) is 0 Å². The van der Waals surface area contributed by atoms with Gasteiger partial charge in [-0.3, -0.25) is 0 Å². The third kappa shape index (κ3) is 1.88. The predicted octanol–water partition coefficient (Wildman–Crippen LogP) is 0.983. The van der Waals surface area contributed by atoms with E-state index < -0.39 is 8.07 Å². The number of fused-ring (bicyclic) bond motifs is 1. The molecule has 2 rings (SSSR count). The number of pyridine rings is 1. The maximum atomic E-state index is 2.49. The van der Waals surface area contributed by atoms with Gasteiger partial charge in [-0.1, -0.05) is 0 Å². The standard InChI is InChI=1S/C10H16NSeSi/c1-13(2,3)10-8-11-7-5-4-6-9(11)12-10/h4-7,10H,8H2,1-3H3/q+1. The second-order valence-corrected chi connectivity index (χ2v) is 13.6. The molecule has 13 heavy (non-hydrogen) atoms. The zero-order valence-corrected chi connectivity index (χ0v) is 11.2. The van der Waals surface area contributed by atoms with Crippen molar-refractivity contribution in [3.05, 3.63) is 24.4 Å². The van der Waals surface area contributed by atoms with Crippen LogP contribution >= 0.6 is 0 Å². The van der Waals surface area contributed by atoms with Gasteiger partial charge in [0, 0.05) is 0 Å². The molecule has 1 aliphatic heterocycles. The van der Waals surface area contributed by atoms with Crippen LogP contribution in [0.4, 0.5) is 0 Å². The monoisotopic (exact) mass is 258 g/mol. The Kier molecular flexibility index (Phi) is 2.35. The first kappa shape index (κ1) is 9.44. The fourth-order valence-corrected chi connectivity index (χ4v) is 7.48. The molecule has 0 saturated carbocycles. The SMILES string of the molecule is C[Si](C)(C)C1C[n+]2ccccc2[Se]1. The molecule has 1 aliphatic rings. The van der Waals surface area contributed by atoms with E-state index in [1.165, 1.54) is 6.54 Å². The zero-order valence-electron chi connectivity index (χ0n) is 8.45. The van der Waals surface area contributed by atoms with Crippen LogP contribution < -0.4 is 9.16 Å². The van der Waals surface area contributed by atoms with Crippen LogP contribution in [-0.2, 0) is 6.54 Å². The first-order chi connectivity index (χ1) is 6.07. The molecule has 70 valence electrons. The fourth-order valence-electron chi connectivity index (χ4n) is 1.53. The summed E-state index contributed by atoms with van der Waals surface area (Å²) in [5.41, 5.74) is 0. The van der Waals surface area contributed by atoms with E-state index in [4.69, 9.17) is 0 Å². The molecule has 0 radical (unpaired) electrons.